The summed E-state index contributed by atoms with van der Waals surface area (Å²) in [5.74, 6) is -0.755. The van der Waals surface area contributed by atoms with Crippen LogP contribution in [-0.2, 0) is 20.6 Å². The van der Waals surface area contributed by atoms with E-state index in [1.807, 2.05) is 13.8 Å². The lowest BCUT2D eigenvalue weighted by Crippen LogP contribution is -2.42. The molecule has 0 spiro atoms. The number of aromatic amines is 1. The van der Waals surface area contributed by atoms with Crippen LogP contribution >= 0.6 is 0 Å². The molecule has 0 saturated carbocycles. The van der Waals surface area contributed by atoms with Crippen LogP contribution in [0.15, 0.2) is 31.3 Å². The van der Waals surface area contributed by atoms with Gasteiger partial charge in [-0.15, -0.1) is 0 Å². The molecule has 0 radical (unpaired) electrons. The van der Waals surface area contributed by atoms with Crippen LogP contribution in [-0.4, -0.2) is 36.1 Å². The predicted molar refractivity (Wildman–Crippen MR) is 125 cm³/mol. The number of anilines is 2. The minimum Gasteiger partial charge on any atom is -0.383 e. The molecular formula is C21H27N7O5. The summed E-state index contributed by atoms with van der Waals surface area (Å²) in [6.45, 7) is 4.20. The third-order valence-corrected chi connectivity index (χ3v) is 5.43. The summed E-state index contributed by atoms with van der Waals surface area (Å²) in [7, 11) is 2.81. The van der Waals surface area contributed by atoms with E-state index in [9.17, 15) is 24.0 Å². The number of unbranched alkanes of at least 4 members (excludes halogenated alkanes) is 1. The van der Waals surface area contributed by atoms with E-state index >= 15 is 0 Å². The van der Waals surface area contributed by atoms with Crippen molar-refractivity contribution in [1.29, 1.82) is 0 Å². The summed E-state index contributed by atoms with van der Waals surface area (Å²) in [4.78, 5) is 70.8. The van der Waals surface area contributed by atoms with Gasteiger partial charge in [-0.3, -0.25) is 38.0 Å². The Kier molecular flexibility index (Phi) is 6.65. The Morgan fingerprint density at radius 3 is 2.42 bits per heavy atom. The van der Waals surface area contributed by atoms with Gasteiger partial charge in [0.2, 0.25) is 0 Å². The van der Waals surface area contributed by atoms with Crippen molar-refractivity contribution < 1.29 is 4.79 Å². The zero-order valence-corrected chi connectivity index (χ0v) is 19.0. The van der Waals surface area contributed by atoms with E-state index in [1.54, 1.807) is 0 Å². The Bertz CT molecular complexity index is 1460. The van der Waals surface area contributed by atoms with E-state index in [-0.39, 0.29) is 41.3 Å². The van der Waals surface area contributed by atoms with E-state index in [0.717, 1.165) is 11.0 Å². The fraction of sp³-hybridized carbons (Fsp3) is 0.429. The number of pyridine rings is 1. The molecule has 0 aliphatic heterocycles. The van der Waals surface area contributed by atoms with Crippen LogP contribution < -0.4 is 33.1 Å². The van der Waals surface area contributed by atoms with Crippen molar-refractivity contribution in [2.45, 2.75) is 39.7 Å². The SMILES string of the molecule is CCCCN(C(=O)c1ccc2c(=O)n(C)c(=O)n(C)c2n1)c1c(N)n(CCC)c(=O)[nH]c1=O. The number of H-pyrrole nitrogens is 1. The molecule has 3 rings (SSSR count). The second-order valence-electron chi connectivity index (χ2n) is 7.73. The highest BCUT2D eigenvalue weighted by Crippen LogP contribution is 2.20. The van der Waals surface area contributed by atoms with Crippen LogP contribution in [0, 0.1) is 0 Å². The van der Waals surface area contributed by atoms with Crippen molar-refractivity contribution >= 4 is 28.4 Å². The maximum Gasteiger partial charge on any atom is 0.332 e. The number of nitrogen functional groups attached to an aromatic ring is 1. The first kappa shape index (κ1) is 23.7. The molecule has 12 heteroatoms. The molecule has 33 heavy (non-hydrogen) atoms. The number of carbonyl (C=O) groups excluding carboxylic acids is 1. The molecule has 3 aromatic heterocycles. The lowest BCUT2D eigenvalue weighted by molar-refractivity contribution is 0.0981. The maximum absolute atomic E-state index is 13.5. The topological polar surface area (TPSA) is 158 Å². The largest absolute Gasteiger partial charge is 0.383 e. The van der Waals surface area contributed by atoms with Gasteiger partial charge in [-0.05, 0) is 25.0 Å². The van der Waals surface area contributed by atoms with Crippen LogP contribution in [0.2, 0.25) is 0 Å². The predicted octanol–water partition coefficient (Wildman–Crippen LogP) is -0.0787. The molecule has 3 N–H and O–H groups in total. The van der Waals surface area contributed by atoms with E-state index in [2.05, 4.69) is 9.97 Å². The Balaban J connectivity index is 2.22. The zero-order chi connectivity index (χ0) is 24.4. The Hall–Kier alpha value is -3.96. The van der Waals surface area contributed by atoms with E-state index in [0.29, 0.717) is 12.8 Å². The van der Waals surface area contributed by atoms with Crippen LogP contribution in [0.25, 0.3) is 11.0 Å². The van der Waals surface area contributed by atoms with Crippen molar-refractivity contribution in [3.05, 3.63) is 59.5 Å². The fourth-order valence-electron chi connectivity index (χ4n) is 3.63. The summed E-state index contributed by atoms with van der Waals surface area (Å²) in [5.41, 5.74) is 3.45. The molecule has 0 bridgehead atoms. The van der Waals surface area contributed by atoms with Crippen molar-refractivity contribution in [2.24, 2.45) is 14.1 Å². The Morgan fingerprint density at radius 1 is 1.09 bits per heavy atom. The van der Waals surface area contributed by atoms with E-state index < -0.39 is 28.4 Å². The molecule has 0 unspecified atom stereocenters. The fourth-order valence-corrected chi connectivity index (χ4v) is 3.63. The standard InChI is InChI=1S/C21H27N7O5/c1-5-7-11-27(14-15(22)28(10-6-2)20(32)24-17(14)29)19(31)13-9-8-12-16(23-13)25(3)21(33)26(4)18(12)30/h8-9H,5-7,10-11,22H2,1-4H3,(H,24,29,32). The van der Waals surface area contributed by atoms with Gasteiger partial charge in [0.15, 0.2) is 5.69 Å². The molecule has 1 amide bonds. The van der Waals surface area contributed by atoms with Crippen LogP contribution in [0.5, 0.6) is 0 Å². The van der Waals surface area contributed by atoms with E-state index in [4.69, 9.17) is 5.73 Å². The van der Waals surface area contributed by atoms with Crippen molar-refractivity contribution in [3.63, 3.8) is 0 Å². The van der Waals surface area contributed by atoms with Crippen molar-refractivity contribution in [1.82, 2.24) is 23.7 Å². The third kappa shape index (κ3) is 4.11. The van der Waals surface area contributed by atoms with Gasteiger partial charge in [-0.25, -0.2) is 14.6 Å². The van der Waals surface area contributed by atoms with Crippen LogP contribution in [0.1, 0.15) is 43.6 Å². The maximum atomic E-state index is 13.5. The summed E-state index contributed by atoms with van der Waals surface area (Å²) in [6.07, 6.45) is 1.88. The lowest BCUT2D eigenvalue weighted by atomic mass is 10.2. The number of rotatable bonds is 7. The molecule has 0 aromatic carbocycles. The summed E-state index contributed by atoms with van der Waals surface area (Å²) in [6, 6.07) is 2.78. The number of nitrogens with two attached hydrogens (primary N) is 1. The van der Waals surface area contributed by atoms with E-state index in [1.165, 1.54) is 40.3 Å². The number of carbonyl (C=O) groups is 1. The summed E-state index contributed by atoms with van der Waals surface area (Å²) >= 11 is 0. The zero-order valence-electron chi connectivity index (χ0n) is 19.0. The number of fused-ring (bicyclic) bond motifs is 1. The molecule has 0 aliphatic carbocycles. The average Bonchev–Trinajstić information content (AvgIpc) is 2.80. The van der Waals surface area contributed by atoms with Gasteiger partial charge >= 0.3 is 11.4 Å². The van der Waals surface area contributed by atoms with Crippen LogP contribution in [0.4, 0.5) is 11.5 Å². The van der Waals surface area contributed by atoms with Gasteiger partial charge < -0.3 is 5.73 Å². The molecule has 0 saturated heterocycles. The first-order chi connectivity index (χ1) is 15.6. The lowest BCUT2D eigenvalue weighted by Gasteiger charge is -2.24. The Morgan fingerprint density at radius 2 is 1.79 bits per heavy atom. The third-order valence-electron chi connectivity index (χ3n) is 5.43. The van der Waals surface area contributed by atoms with Gasteiger partial charge in [0.1, 0.15) is 17.2 Å². The number of nitrogens with zero attached hydrogens (tertiary/aromatic N) is 5. The smallest absolute Gasteiger partial charge is 0.332 e. The van der Waals surface area contributed by atoms with Crippen molar-refractivity contribution in [3.8, 4) is 0 Å². The molecule has 0 aliphatic rings. The number of aromatic nitrogens is 5. The molecular weight excluding hydrogens is 430 g/mol. The number of hydrogen-bond donors (Lipinski definition) is 2. The second kappa shape index (κ2) is 9.27. The Labute approximate surface area is 187 Å². The summed E-state index contributed by atoms with van der Waals surface area (Å²) < 4.78 is 3.34. The highest BCUT2D eigenvalue weighted by molar-refractivity contribution is 6.06. The monoisotopic (exact) mass is 457 g/mol. The molecule has 176 valence electrons. The first-order valence-corrected chi connectivity index (χ1v) is 10.6. The molecule has 3 heterocycles. The minimum atomic E-state index is -0.781. The quantitative estimate of drug-likeness (QED) is 0.502. The first-order valence-electron chi connectivity index (χ1n) is 10.6. The van der Waals surface area contributed by atoms with Gasteiger partial charge in [-0.2, -0.15) is 0 Å². The minimum absolute atomic E-state index is 0.0437. The normalized spacial score (nSPS) is 11.2. The number of hydrogen-bond acceptors (Lipinski definition) is 7. The van der Waals surface area contributed by atoms with Crippen LogP contribution in [0.3, 0.4) is 0 Å². The average molecular weight is 457 g/mol. The molecule has 0 fully saturated rings. The molecule has 12 nitrogen and oxygen atoms in total. The molecule has 0 atom stereocenters. The van der Waals surface area contributed by atoms with Gasteiger partial charge in [0, 0.05) is 27.2 Å². The van der Waals surface area contributed by atoms with Crippen molar-refractivity contribution in [2.75, 3.05) is 17.2 Å². The molecule has 3 aromatic rings. The van der Waals surface area contributed by atoms with Gasteiger partial charge in [0.05, 0.1) is 5.39 Å². The second-order valence-corrected chi connectivity index (χ2v) is 7.73. The number of amides is 1. The number of nitrogens with one attached hydrogen (secondary N) is 1. The number of aryl methyl sites for hydroxylation is 1. The highest BCUT2D eigenvalue weighted by Gasteiger charge is 2.26. The summed E-state index contributed by atoms with van der Waals surface area (Å²) in [5, 5.41) is 0.171. The van der Waals surface area contributed by atoms with Gasteiger partial charge in [0.25, 0.3) is 17.0 Å². The highest BCUT2D eigenvalue weighted by atomic mass is 16.2. The van der Waals surface area contributed by atoms with Gasteiger partial charge in [-0.1, -0.05) is 20.3 Å².